The van der Waals surface area contributed by atoms with Crippen LogP contribution in [0.1, 0.15) is 12.0 Å². The van der Waals surface area contributed by atoms with Crippen molar-refractivity contribution in [2.45, 2.75) is 11.3 Å². The van der Waals surface area contributed by atoms with Crippen molar-refractivity contribution in [2.24, 2.45) is 0 Å². The fourth-order valence-corrected chi connectivity index (χ4v) is 3.21. The third kappa shape index (κ3) is 1.48. The summed E-state index contributed by atoms with van der Waals surface area (Å²) in [5, 5.41) is 8.71. The van der Waals surface area contributed by atoms with Crippen LogP contribution in [0.3, 0.4) is 0 Å². The molecule has 80 valence electrons. The Labute approximate surface area is 86.8 Å². The molecule has 1 aromatic carbocycles. The van der Waals surface area contributed by atoms with Gasteiger partial charge in [0.25, 0.3) is 0 Å². The van der Waals surface area contributed by atoms with E-state index in [1.165, 1.54) is 24.3 Å². The molecule has 0 atom stereocenters. The van der Waals surface area contributed by atoms with Crippen molar-refractivity contribution in [3.63, 3.8) is 0 Å². The average Bonchev–Trinajstić information content (AvgIpc) is 2.43. The summed E-state index contributed by atoms with van der Waals surface area (Å²) in [4.78, 5) is 0.0658. The molecule has 2 rings (SSSR count). The van der Waals surface area contributed by atoms with Crippen LogP contribution in [0, 0.1) is 5.82 Å². The molecule has 0 radical (unpaired) electrons. The molecule has 1 aliphatic rings. The summed E-state index contributed by atoms with van der Waals surface area (Å²) in [7, 11) is -3.57. The van der Waals surface area contributed by atoms with Crippen LogP contribution in [0.4, 0.5) is 4.39 Å². The van der Waals surface area contributed by atoms with Gasteiger partial charge in [-0.1, -0.05) is 6.07 Å². The van der Waals surface area contributed by atoms with E-state index >= 15 is 0 Å². The average molecular weight is 228 g/mol. The summed E-state index contributed by atoms with van der Waals surface area (Å²) in [6.07, 6.45) is 1.31. The monoisotopic (exact) mass is 228 g/mol. The molecule has 0 aliphatic carbocycles. The predicted octanol–water partition coefficient (Wildman–Crippen LogP) is 1.34. The van der Waals surface area contributed by atoms with Crippen LogP contribution in [-0.4, -0.2) is 20.1 Å². The summed E-state index contributed by atoms with van der Waals surface area (Å²) < 4.78 is 36.8. The van der Waals surface area contributed by atoms with E-state index in [0.29, 0.717) is 0 Å². The number of fused-ring (bicyclic) bond motifs is 1. The number of aliphatic hydroxyl groups is 1. The van der Waals surface area contributed by atoms with Gasteiger partial charge in [-0.15, -0.1) is 0 Å². The van der Waals surface area contributed by atoms with Crippen molar-refractivity contribution in [1.82, 2.24) is 0 Å². The standard InChI is InChI=1S/C10H9FO3S/c11-9-2-1-3-10-8(9)6-7(4-5-12)15(10,13)14/h1-3,6,12H,4-5H2. The summed E-state index contributed by atoms with van der Waals surface area (Å²) in [6.45, 7) is -0.263. The van der Waals surface area contributed by atoms with Gasteiger partial charge in [0.05, 0.1) is 9.80 Å². The predicted molar refractivity (Wildman–Crippen MR) is 53.3 cm³/mol. The minimum absolute atomic E-state index is 0.00838. The van der Waals surface area contributed by atoms with Crippen molar-refractivity contribution in [3.8, 4) is 0 Å². The number of benzene rings is 1. The van der Waals surface area contributed by atoms with Crippen molar-refractivity contribution in [2.75, 3.05) is 6.61 Å². The first-order valence-corrected chi connectivity index (χ1v) is 5.90. The van der Waals surface area contributed by atoms with Gasteiger partial charge in [-0.3, -0.25) is 0 Å². The maximum Gasteiger partial charge on any atom is 0.203 e. The molecule has 0 saturated carbocycles. The first-order chi connectivity index (χ1) is 7.07. The molecule has 0 saturated heterocycles. The summed E-state index contributed by atoms with van der Waals surface area (Å²) in [5.41, 5.74) is 0.0981. The Kier molecular flexibility index (Phi) is 2.36. The first kappa shape index (κ1) is 10.3. The normalized spacial score (nSPS) is 17.3. The summed E-state index contributed by atoms with van der Waals surface area (Å²) >= 11 is 0. The minimum atomic E-state index is -3.57. The maximum atomic E-state index is 13.3. The Hall–Kier alpha value is -1.20. The highest BCUT2D eigenvalue weighted by molar-refractivity contribution is 7.95. The minimum Gasteiger partial charge on any atom is -0.396 e. The van der Waals surface area contributed by atoms with Crippen molar-refractivity contribution in [1.29, 1.82) is 0 Å². The highest BCUT2D eigenvalue weighted by atomic mass is 32.2. The molecule has 0 spiro atoms. The van der Waals surface area contributed by atoms with Crippen molar-refractivity contribution in [3.05, 3.63) is 34.5 Å². The van der Waals surface area contributed by atoms with E-state index in [4.69, 9.17) is 5.11 Å². The lowest BCUT2D eigenvalue weighted by Gasteiger charge is -2.01. The number of halogens is 1. The van der Waals surface area contributed by atoms with E-state index in [-0.39, 0.29) is 28.4 Å². The zero-order valence-electron chi connectivity index (χ0n) is 7.77. The Bertz CT molecular complexity index is 532. The zero-order valence-corrected chi connectivity index (χ0v) is 8.59. The molecule has 5 heteroatoms. The van der Waals surface area contributed by atoms with Gasteiger partial charge in [-0.05, 0) is 18.2 Å². The number of hydrogen-bond acceptors (Lipinski definition) is 3. The molecule has 15 heavy (non-hydrogen) atoms. The van der Waals surface area contributed by atoms with Crippen LogP contribution in [-0.2, 0) is 9.84 Å². The molecule has 0 aromatic heterocycles. The third-order valence-electron chi connectivity index (χ3n) is 2.31. The molecule has 1 aromatic rings. The van der Waals surface area contributed by atoms with Gasteiger partial charge in [-0.25, -0.2) is 12.8 Å². The molecule has 0 fully saturated rings. The van der Waals surface area contributed by atoms with Gasteiger partial charge < -0.3 is 5.11 Å². The fraction of sp³-hybridized carbons (Fsp3) is 0.200. The Morgan fingerprint density at radius 3 is 2.67 bits per heavy atom. The fourth-order valence-electron chi connectivity index (χ4n) is 1.59. The number of rotatable bonds is 2. The van der Waals surface area contributed by atoms with Crippen LogP contribution in [0.5, 0.6) is 0 Å². The lowest BCUT2D eigenvalue weighted by molar-refractivity contribution is 0.301. The van der Waals surface area contributed by atoms with Gasteiger partial charge in [-0.2, -0.15) is 0 Å². The number of hydrogen-bond donors (Lipinski definition) is 1. The first-order valence-electron chi connectivity index (χ1n) is 4.42. The Balaban J connectivity index is 2.64. The molecule has 1 N–H and O–H groups in total. The number of aliphatic hydroxyl groups excluding tert-OH is 1. The SMILES string of the molecule is O=S1(=O)C(CCO)=Cc2c(F)cccc21. The van der Waals surface area contributed by atoms with Gasteiger partial charge in [0, 0.05) is 18.6 Å². The molecular formula is C10H9FO3S. The van der Waals surface area contributed by atoms with Crippen LogP contribution in [0.25, 0.3) is 6.08 Å². The van der Waals surface area contributed by atoms with E-state index in [0.717, 1.165) is 0 Å². The third-order valence-corrected chi connectivity index (χ3v) is 4.26. The second-order valence-corrected chi connectivity index (χ2v) is 5.21. The van der Waals surface area contributed by atoms with Gasteiger partial charge in [0.2, 0.25) is 9.84 Å². The maximum absolute atomic E-state index is 13.3. The van der Waals surface area contributed by atoms with Crippen LogP contribution < -0.4 is 0 Å². The molecular weight excluding hydrogens is 219 g/mol. The van der Waals surface area contributed by atoms with Crippen molar-refractivity contribution < 1.29 is 17.9 Å². The molecule has 0 amide bonds. The second kappa shape index (κ2) is 3.43. The van der Waals surface area contributed by atoms with Crippen LogP contribution in [0.2, 0.25) is 0 Å². The van der Waals surface area contributed by atoms with E-state index in [1.807, 2.05) is 0 Å². The van der Waals surface area contributed by atoms with E-state index in [1.54, 1.807) is 0 Å². The molecule has 1 aliphatic heterocycles. The lowest BCUT2D eigenvalue weighted by Crippen LogP contribution is -2.02. The Morgan fingerprint density at radius 1 is 1.33 bits per heavy atom. The second-order valence-electron chi connectivity index (χ2n) is 3.24. The molecule has 1 heterocycles. The number of sulfone groups is 1. The van der Waals surface area contributed by atoms with Crippen molar-refractivity contribution >= 4 is 15.9 Å². The topological polar surface area (TPSA) is 54.4 Å². The van der Waals surface area contributed by atoms with E-state index < -0.39 is 15.7 Å². The van der Waals surface area contributed by atoms with Crippen LogP contribution in [0.15, 0.2) is 28.0 Å². The molecule has 3 nitrogen and oxygen atoms in total. The van der Waals surface area contributed by atoms with Gasteiger partial charge >= 0.3 is 0 Å². The smallest absolute Gasteiger partial charge is 0.203 e. The van der Waals surface area contributed by atoms with E-state index in [9.17, 15) is 12.8 Å². The Morgan fingerprint density at radius 2 is 2.07 bits per heavy atom. The molecule has 0 unspecified atom stereocenters. The lowest BCUT2D eigenvalue weighted by atomic mass is 10.2. The highest BCUT2D eigenvalue weighted by Gasteiger charge is 2.30. The van der Waals surface area contributed by atoms with Crippen LogP contribution >= 0.6 is 0 Å². The summed E-state index contributed by atoms with van der Waals surface area (Å²) in [6, 6.07) is 3.95. The molecule has 0 bridgehead atoms. The summed E-state index contributed by atoms with van der Waals surface area (Å²) in [5.74, 6) is -0.552. The van der Waals surface area contributed by atoms with Gasteiger partial charge in [0.1, 0.15) is 5.82 Å². The van der Waals surface area contributed by atoms with Gasteiger partial charge in [0.15, 0.2) is 0 Å². The zero-order chi connectivity index (χ0) is 11.1. The quantitative estimate of drug-likeness (QED) is 0.831. The highest BCUT2D eigenvalue weighted by Crippen LogP contribution is 2.35. The van der Waals surface area contributed by atoms with E-state index in [2.05, 4.69) is 0 Å². The largest absolute Gasteiger partial charge is 0.396 e.